The molecule has 0 saturated heterocycles. The summed E-state index contributed by atoms with van der Waals surface area (Å²) in [5, 5.41) is 10.8. The highest BCUT2D eigenvalue weighted by atomic mass is 16.3. The topological polar surface area (TPSA) is 49.2 Å². The number of aryl methyl sites for hydroxylation is 2. The molecule has 0 aliphatic carbocycles. The number of aromatic nitrogens is 1. The molecule has 2 atom stereocenters. The van der Waals surface area contributed by atoms with Gasteiger partial charge >= 0.3 is 0 Å². The molecular formula is C24H23NO2. The lowest BCUT2D eigenvalue weighted by molar-refractivity contribution is 0.216. The largest absolute Gasteiger partial charge is 0.468 e. The Morgan fingerprint density at radius 3 is 1.93 bits per heavy atom. The molecule has 2 N–H and O–H groups in total. The van der Waals surface area contributed by atoms with E-state index >= 15 is 0 Å². The van der Waals surface area contributed by atoms with Gasteiger partial charge in [0.15, 0.2) is 0 Å². The van der Waals surface area contributed by atoms with Crippen LogP contribution >= 0.6 is 0 Å². The van der Waals surface area contributed by atoms with Crippen LogP contribution in [0.1, 0.15) is 51.4 Å². The summed E-state index contributed by atoms with van der Waals surface area (Å²) >= 11 is 0. The number of benzene rings is 2. The number of aliphatic hydroxyl groups excluding tert-OH is 1. The Kier molecular flexibility index (Phi) is 4.69. The molecule has 2 heterocycles. The van der Waals surface area contributed by atoms with E-state index in [1.165, 1.54) is 11.1 Å². The summed E-state index contributed by atoms with van der Waals surface area (Å²) in [6.07, 6.45) is 1.01. The highest BCUT2D eigenvalue weighted by Gasteiger charge is 2.22. The maximum Gasteiger partial charge on any atom is 0.119 e. The molecule has 27 heavy (non-hydrogen) atoms. The molecule has 0 spiro atoms. The minimum absolute atomic E-state index is 0.0421. The maximum absolute atomic E-state index is 10.8. The monoisotopic (exact) mass is 357 g/mol. The Balaban J connectivity index is 1.70. The molecule has 0 radical (unpaired) electrons. The quantitative estimate of drug-likeness (QED) is 0.496. The van der Waals surface area contributed by atoms with Gasteiger partial charge in [-0.25, -0.2) is 0 Å². The molecule has 2 aromatic heterocycles. The predicted molar refractivity (Wildman–Crippen MR) is 107 cm³/mol. The Hall–Kier alpha value is -3.04. The number of hydrogen-bond acceptors (Lipinski definition) is 2. The summed E-state index contributed by atoms with van der Waals surface area (Å²) in [5.41, 5.74) is 6.19. The van der Waals surface area contributed by atoms with Crippen LogP contribution in [0.5, 0.6) is 0 Å². The minimum Gasteiger partial charge on any atom is -0.468 e. The fraction of sp³-hybridized carbons (Fsp3) is 0.167. The van der Waals surface area contributed by atoms with Crippen molar-refractivity contribution in [2.75, 3.05) is 0 Å². The number of aromatic amines is 1. The second-order valence-electron chi connectivity index (χ2n) is 7.04. The molecule has 0 aliphatic heterocycles. The van der Waals surface area contributed by atoms with Crippen LogP contribution in [0.4, 0.5) is 0 Å². The second-order valence-corrected chi connectivity index (χ2v) is 7.04. The first kappa shape index (κ1) is 17.4. The lowest BCUT2D eigenvalue weighted by Crippen LogP contribution is -2.05. The highest BCUT2D eigenvalue weighted by molar-refractivity contribution is 5.40. The van der Waals surface area contributed by atoms with Crippen LogP contribution in [0.3, 0.4) is 0 Å². The Morgan fingerprint density at radius 1 is 0.741 bits per heavy atom. The van der Waals surface area contributed by atoms with Crippen molar-refractivity contribution < 1.29 is 9.52 Å². The molecule has 0 fully saturated rings. The first-order valence-electron chi connectivity index (χ1n) is 9.15. The second kappa shape index (κ2) is 7.29. The van der Waals surface area contributed by atoms with Crippen molar-refractivity contribution in [2.45, 2.75) is 25.9 Å². The summed E-state index contributed by atoms with van der Waals surface area (Å²) in [4.78, 5) is 3.42. The van der Waals surface area contributed by atoms with E-state index in [0.717, 1.165) is 28.3 Å². The number of aliphatic hydroxyl groups is 1. The first-order valence-corrected chi connectivity index (χ1v) is 9.15. The Bertz CT molecular complexity index is 995. The zero-order valence-corrected chi connectivity index (χ0v) is 15.5. The average molecular weight is 357 g/mol. The van der Waals surface area contributed by atoms with Crippen molar-refractivity contribution in [3.8, 4) is 0 Å². The summed E-state index contributed by atoms with van der Waals surface area (Å²) in [7, 11) is 0. The molecular weight excluding hydrogens is 334 g/mol. The summed E-state index contributed by atoms with van der Waals surface area (Å²) in [6.45, 7) is 4.12. The van der Waals surface area contributed by atoms with Gasteiger partial charge in [-0.1, -0.05) is 59.7 Å². The van der Waals surface area contributed by atoms with Gasteiger partial charge in [-0.05, 0) is 49.2 Å². The third-order valence-electron chi connectivity index (χ3n) is 4.97. The van der Waals surface area contributed by atoms with Crippen molar-refractivity contribution >= 4 is 0 Å². The normalized spacial score (nSPS) is 13.4. The standard InChI is InChI=1S/C24H23NO2/c1-16-5-9-18(10-6-16)23(22-4-3-15-27-22)20-13-14-21(25-20)24(26)19-11-7-17(2)8-12-19/h3-15,23-26H,1-2H3. The summed E-state index contributed by atoms with van der Waals surface area (Å²) in [6, 6.07) is 24.3. The fourth-order valence-electron chi connectivity index (χ4n) is 3.40. The van der Waals surface area contributed by atoms with Crippen LogP contribution in [0.25, 0.3) is 0 Å². The molecule has 0 saturated carbocycles. The van der Waals surface area contributed by atoms with Gasteiger partial charge in [-0.15, -0.1) is 0 Å². The van der Waals surface area contributed by atoms with E-state index in [2.05, 4.69) is 36.2 Å². The molecule has 3 heteroatoms. The SMILES string of the molecule is Cc1ccc(C(O)c2ccc(C(c3ccc(C)cc3)c3ccco3)[nH]2)cc1. The molecule has 4 aromatic rings. The van der Waals surface area contributed by atoms with Crippen LogP contribution in [0.2, 0.25) is 0 Å². The van der Waals surface area contributed by atoms with Gasteiger partial charge < -0.3 is 14.5 Å². The molecule has 4 rings (SSSR count). The third-order valence-corrected chi connectivity index (χ3v) is 4.97. The molecule has 0 amide bonds. The number of nitrogens with one attached hydrogen (secondary N) is 1. The molecule has 2 aromatic carbocycles. The lowest BCUT2D eigenvalue weighted by Gasteiger charge is -2.15. The van der Waals surface area contributed by atoms with Crippen molar-refractivity contribution in [1.29, 1.82) is 0 Å². The molecule has 2 unspecified atom stereocenters. The number of rotatable bonds is 5. The Labute approximate surface area is 159 Å². The van der Waals surface area contributed by atoms with Crippen molar-refractivity contribution in [3.05, 3.63) is 118 Å². The minimum atomic E-state index is -0.686. The zero-order valence-electron chi connectivity index (χ0n) is 15.5. The fourth-order valence-corrected chi connectivity index (χ4v) is 3.40. The van der Waals surface area contributed by atoms with E-state index < -0.39 is 6.10 Å². The van der Waals surface area contributed by atoms with Crippen LogP contribution in [-0.4, -0.2) is 10.1 Å². The smallest absolute Gasteiger partial charge is 0.119 e. The van der Waals surface area contributed by atoms with Gasteiger partial charge in [0.1, 0.15) is 11.9 Å². The Morgan fingerprint density at radius 2 is 1.33 bits per heavy atom. The van der Waals surface area contributed by atoms with Crippen molar-refractivity contribution in [1.82, 2.24) is 4.98 Å². The van der Waals surface area contributed by atoms with E-state index in [9.17, 15) is 5.11 Å². The average Bonchev–Trinajstić information content (AvgIpc) is 3.36. The van der Waals surface area contributed by atoms with Crippen LogP contribution < -0.4 is 0 Å². The predicted octanol–water partition coefficient (Wildman–Crippen LogP) is 5.49. The van der Waals surface area contributed by atoms with E-state index in [1.807, 2.05) is 55.5 Å². The van der Waals surface area contributed by atoms with Gasteiger partial charge in [-0.3, -0.25) is 0 Å². The number of furan rings is 1. The van der Waals surface area contributed by atoms with Crippen LogP contribution in [0, 0.1) is 13.8 Å². The summed E-state index contributed by atoms with van der Waals surface area (Å²) in [5.74, 6) is 0.830. The molecule has 136 valence electrons. The van der Waals surface area contributed by atoms with E-state index in [0.29, 0.717) is 0 Å². The van der Waals surface area contributed by atoms with Crippen molar-refractivity contribution in [2.24, 2.45) is 0 Å². The first-order chi connectivity index (χ1) is 13.1. The zero-order chi connectivity index (χ0) is 18.8. The lowest BCUT2D eigenvalue weighted by atomic mass is 9.93. The number of hydrogen-bond donors (Lipinski definition) is 2. The van der Waals surface area contributed by atoms with Gasteiger partial charge in [0.25, 0.3) is 0 Å². The van der Waals surface area contributed by atoms with Crippen LogP contribution in [-0.2, 0) is 0 Å². The van der Waals surface area contributed by atoms with Gasteiger partial charge in [-0.2, -0.15) is 0 Å². The van der Waals surface area contributed by atoms with E-state index in [1.54, 1.807) is 6.26 Å². The van der Waals surface area contributed by atoms with Gasteiger partial charge in [0.05, 0.1) is 12.2 Å². The van der Waals surface area contributed by atoms with Gasteiger partial charge in [0.2, 0.25) is 0 Å². The van der Waals surface area contributed by atoms with Crippen LogP contribution in [0.15, 0.2) is 83.5 Å². The molecule has 0 bridgehead atoms. The maximum atomic E-state index is 10.8. The van der Waals surface area contributed by atoms with Gasteiger partial charge in [0, 0.05) is 11.4 Å². The third kappa shape index (κ3) is 3.60. The highest BCUT2D eigenvalue weighted by Crippen LogP contribution is 2.33. The summed E-state index contributed by atoms with van der Waals surface area (Å²) < 4.78 is 5.72. The van der Waals surface area contributed by atoms with E-state index in [4.69, 9.17) is 4.42 Å². The van der Waals surface area contributed by atoms with Crippen molar-refractivity contribution in [3.63, 3.8) is 0 Å². The van der Waals surface area contributed by atoms with E-state index in [-0.39, 0.29) is 5.92 Å². The molecule has 3 nitrogen and oxygen atoms in total. The molecule has 0 aliphatic rings. The number of H-pyrrole nitrogens is 1.